The zero-order valence-electron chi connectivity index (χ0n) is 18.3. The molecule has 1 unspecified atom stereocenters. The minimum atomic E-state index is -0.671. The molecular formula is C26H44O2. The molecule has 0 radical (unpaired) electrons. The van der Waals surface area contributed by atoms with Crippen LogP contribution in [0.3, 0.4) is 0 Å². The second-order valence-corrected chi connectivity index (χ2v) is 8.45. The van der Waals surface area contributed by atoms with Crippen LogP contribution in [0, 0.1) is 0 Å². The number of ether oxygens (including phenoxy) is 1. The van der Waals surface area contributed by atoms with Gasteiger partial charge in [-0.05, 0) is 25.3 Å². The molecular weight excluding hydrogens is 344 g/mol. The molecule has 2 heteroatoms. The van der Waals surface area contributed by atoms with Crippen molar-refractivity contribution >= 4 is 0 Å². The van der Waals surface area contributed by atoms with Crippen LogP contribution in [-0.4, -0.2) is 17.3 Å². The Morgan fingerprint density at radius 1 is 0.786 bits per heavy atom. The highest BCUT2D eigenvalue weighted by Crippen LogP contribution is 2.17. The number of benzene rings is 1. The molecule has 0 aliphatic heterocycles. The zero-order valence-corrected chi connectivity index (χ0v) is 18.3. The number of hydrogen-bond acceptors (Lipinski definition) is 2. The Kier molecular flexibility index (Phi) is 15.0. The lowest BCUT2D eigenvalue weighted by molar-refractivity contribution is 0.0988. The fraction of sp³-hybridized carbons (Fsp3) is 0.692. The molecule has 0 fully saturated rings. The molecule has 1 aromatic rings. The van der Waals surface area contributed by atoms with Crippen LogP contribution in [0.4, 0.5) is 0 Å². The van der Waals surface area contributed by atoms with Crippen LogP contribution in [-0.2, 0) is 11.3 Å². The number of rotatable bonds is 19. The van der Waals surface area contributed by atoms with E-state index in [-0.39, 0.29) is 0 Å². The van der Waals surface area contributed by atoms with Gasteiger partial charge in [0.2, 0.25) is 0 Å². The van der Waals surface area contributed by atoms with Crippen molar-refractivity contribution in [3.05, 3.63) is 48.6 Å². The van der Waals surface area contributed by atoms with Crippen LogP contribution in [0.25, 0.3) is 0 Å². The SMILES string of the molecule is C=CC(C)(O)CCCCCCCCCCCCCCCOCc1ccccc1. The van der Waals surface area contributed by atoms with Gasteiger partial charge >= 0.3 is 0 Å². The van der Waals surface area contributed by atoms with E-state index in [1.165, 1.54) is 82.6 Å². The number of hydrogen-bond donors (Lipinski definition) is 1. The summed E-state index contributed by atoms with van der Waals surface area (Å²) >= 11 is 0. The molecule has 0 aliphatic rings. The molecule has 1 N–H and O–H groups in total. The first kappa shape index (κ1) is 24.9. The molecule has 0 aliphatic carbocycles. The van der Waals surface area contributed by atoms with E-state index in [1.54, 1.807) is 6.08 Å². The lowest BCUT2D eigenvalue weighted by Gasteiger charge is -2.17. The van der Waals surface area contributed by atoms with E-state index in [1.807, 2.05) is 13.0 Å². The Morgan fingerprint density at radius 3 is 1.75 bits per heavy atom. The van der Waals surface area contributed by atoms with Crippen molar-refractivity contribution in [2.24, 2.45) is 0 Å². The lowest BCUT2D eigenvalue weighted by Crippen LogP contribution is -2.19. The maximum absolute atomic E-state index is 9.86. The largest absolute Gasteiger partial charge is 0.386 e. The van der Waals surface area contributed by atoms with Gasteiger partial charge in [0, 0.05) is 6.61 Å². The minimum absolute atomic E-state index is 0.671. The number of aliphatic hydroxyl groups is 1. The Bertz CT molecular complexity index is 467. The van der Waals surface area contributed by atoms with Crippen LogP contribution in [0.1, 0.15) is 102 Å². The highest BCUT2D eigenvalue weighted by atomic mass is 16.5. The maximum Gasteiger partial charge on any atom is 0.0797 e. The van der Waals surface area contributed by atoms with Crippen molar-refractivity contribution in [1.82, 2.24) is 0 Å². The van der Waals surface area contributed by atoms with E-state index in [0.717, 1.165) is 26.1 Å². The summed E-state index contributed by atoms with van der Waals surface area (Å²) in [5, 5.41) is 9.86. The first-order valence-electron chi connectivity index (χ1n) is 11.6. The van der Waals surface area contributed by atoms with Gasteiger partial charge < -0.3 is 9.84 Å². The van der Waals surface area contributed by atoms with Gasteiger partial charge in [-0.3, -0.25) is 0 Å². The smallest absolute Gasteiger partial charge is 0.0797 e. The van der Waals surface area contributed by atoms with Gasteiger partial charge in [0.25, 0.3) is 0 Å². The molecule has 0 saturated carbocycles. The predicted molar refractivity (Wildman–Crippen MR) is 122 cm³/mol. The third-order valence-electron chi connectivity index (χ3n) is 5.52. The highest BCUT2D eigenvalue weighted by molar-refractivity contribution is 5.13. The molecule has 28 heavy (non-hydrogen) atoms. The second-order valence-electron chi connectivity index (χ2n) is 8.45. The summed E-state index contributed by atoms with van der Waals surface area (Å²) in [7, 11) is 0. The number of unbranched alkanes of at least 4 members (excludes halogenated alkanes) is 12. The van der Waals surface area contributed by atoms with Gasteiger partial charge in [0.15, 0.2) is 0 Å². The van der Waals surface area contributed by atoms with Crippen LogP contribution >= 0.6 is 0 Å². The summed E-state index contributed by atoms with van der Waals surface area (Å²) in [5.74, 6) is 0. The molecule has 0 amide bonds. The molecule has 0 spiro atoms. The van der Waals surface area contributed by atoms with Crippen LogP contribution < -0.4 is 0 Å². The summed E-state index contributed by atoms with van der Waals surface area (Å²) in [6.07, 6.45) is 19.7. The third-order valence-corrected chi connectivity index (χ3v) is 5.52. The molecule has 1 rings (SSSR count). The van der Waals surface area contributed by atoms with Crippen molar-refractivity contribution in [3.8, 4) is 0 Å². The first-order valence-corrected chi connectivity index (χ1v) is 11.6. The molecule has 0 saturated heterocycles. The Morgan fingerprint density at radius 2 is 1.25 bits per heavy atom. The Labute approximate surface area is 174 Å². The highest BCUT2D eigenvalue weighted by Gasteiger charge is 2.13. The van der Waals surface area contributed by atoms with Gasteiger partial charge in [-0.1, -0.05) is 113 Å². The van der Waals surface area contributed by atoms with Crippen molar-refractivity contribution in [1.29, 1.82) is 0 Å². The lowest BCUT2D eigenvalue weighted by atomic mass is 9.97. The van der Waals surface area contributed by atoms with Crippen molar-refractivity contribution in [2.75, 3.05) is 6.61 Å². The van der Waals surface area contributed by atoms with Crippen molar-refractivity contribution in [2.45, 2.75) is 109 Å². The van der Waals surface area contributed by atoms with Gasteiger partial charge in [0.05, 0.1) is 12.2 Å². The van der Waals surface area contributed by atoms with Gasteiger partial charge in [0.1, 0.15) is 0 Å². The Balaban J connectivity index is 1.72. The fourth-order valence-electron chi connectivity index (χ4n) is 3.50. The predicted octanol–water partition coefficient (Wildman–Crippen LogP) is 7.60. The van der Waals surface area contributed by atoms with E-state index in [4.69, 9.17) is 4.74 Å². The monoisotopic (exact) mass is 388 g/mol. The van der Waals surface area contributed by atoms with Gasteiger partial charge in [-0.15, -0.1) is 6.58 Å². The van der Waals surface area contributed by atoms with Crippen LogP contribution in [0.15, 0.2) is 43.0 Å². The van der Waals surface area contributed by atoms with Crippen LogP contribution in [0.2, 0.25) is 0 Å². The molecule has 1 atom stereocenters. The molecule has 2 nitrogen and oxygen atoms in total. The summed E-state index contributed by atoms with van der Waals surface area (Å²) in [6.45, 7) is 7.16. The molecule has 0 aromatic heterocycles. The van der Waals surface area contributed by atoms with Crippen molar-refractivity contribution < 1.29 is 9.84 Å². The first-order chi connectivity index (χ1) is 13.6. The molecule has 0 bridgehead atoms. The third kappa shape index (κ3) is 14.9. The topological polar surface area (TPSA) is 29.5 Å². The van der Waals surface area contributed by atoms with E-state index in [2.05, 4.69) is 30.8 Å². The summed E-state index contributed by atoms with van der Waals surface area (Å²) < 4.78 is 5.73. The normalized spacial score (nSPS) is 13.4. The average Bonchev–Trinajstić information content (AvgIpc) is 2.71. The quantitative estimate of drug-likeness (QED) is 0.195. The van der Waals surface area contributed by atoms with E-state index in [9.17, 15) is 5.11 Å². The molecule has 160 valence electrons. The summed E-state index contributed by atoms with van der Waals surface area (Å²) in [6, 6.07) is 10.4. The summed E-state index contributed by atoms with van der Waals surface area (Å²) in [4.78, 5) is 0. The summed E-state index contributed by atoms with van der Waals surface area (Å²) in [5.41, 5.74) is 0.596. The second kappa shape index (κ2) is 16.8. The standard InChI is InChI=1S/C26H44O2/c1-3-26(2,27)22-18-13-11-9-7-5-4-6-8-10-12-14-19-23-28-24-25-20-16-15-17-21-25/h3,15-17,20-21,27H,1,4-14,18-19,22-24H2,2H3. The maximum atomic E-state index is 9.86. The molecule has 0 heterocycles. The van der Waals surface area contributed by atoms with E-state index >= 15 is 0 Å². The van der Waals surface area contributed by atoms with Gasteiger partial charge in [-0.2, -0.15) is 0 Å². The van der Waals surface area contributed by atoms with E-state index in [0.29, 0.717) is 0 Å². The van der Waals surface area contributed by atoms with Crippen LogP contribution in [0.5, 0.6) is 0 Å². The van der Waals surface area contributed by atoms with E-state index < -0.39 is 5.60 Å². The average molecular weight is 389 g/mol. The van der Waals surface area contributed by atoms with Gasteiger partial charge in [-0.25, -0.2) is 0 Å². The Hall–Kier alpha value is -1.12. The molecule has 1 aromatic carbocycles. The zero-order chi connectivity index (χ0) is 20.3. The fourth-order valence-corrected chi connectivity index (χ4v) is 3.50. The van der Waals surface area contributed by atoms with Crippen molar-refractivity contribution in [3.63, 3.8) is 0 Å². The minimum Gasteiger partial charge on any atom is -0.386 e.